The summed E-state index contributed by atoms with van der Waals surface area (Å²) in [6, 6.07) is 8.45. The third-order valence-corrected chi connectivity index (χ3v) is 6.14. The zero-order chi connectivity index (χ0) is 20.6. The van der Waals surface area contributed by atoms with Crippen molar-refractivity contribution in [1.82, 2.24) is 4.98 Å². The smallest absolute Gasteiger partial charge is 0.426 e. The summed E-state index contributed by atoms with van der Waals surface area (Å²) in [7, 11) is 0. The number of carbonyl (C=O) groups excluding carboxylic acids is 1. The first-order valence-electron chi connectivity index (χ1n) is 9.42. The molecule has 0 unspecified atom stereocenters. The summed E-state index contributed by atoms with van der Waals surface area (Å²) in [4.78, 5) is 18.1. The van der Waals surface area contributed by atoms with Gasteiger partial charge in [-0.2, -0.15) is 13.2 Å². The number of hydrogen-bond donors (Lipinski definition) is 0. The molecule has 2 aromatic heterocycles. The molecule has 3 aromatic rings. The number of fused-ring (bicyclic) bond motifs is 1. The number of benzene rings is 1. The van der Waals surface area contributed by atoms with Crippen molar-refractivity contribution in [3.8, 4) is 11.1 Å². The molecule has 4 nitrogen and oxygen atoms in total. The third kappa shape index (κ3) is 3.57. The van der Waals surface area contributed by atoms with Crippen molar-refractivity contribution < 1.29 is 22.7 Å². The molecule has 8 heteroatoms. The average Bonchev–Trinajstić information content (AvgIpc) is 3.35. The van der Waals surface area contributed by atoms with Gasteiger partial charge in [-0.05, 0) is 25.3 Å². The van der Waals surface area contributed by atoms with Gasteiger partial charge >= 0.3 is 12.1 Å². The zero-order valence-electron chi connectivity index (χ0n) is 15.8. The van der Waals surface area contributed by atoms with Gasteiger partial charge in [-0.3, -0.25) is 4.98 Å². The number of carbonyl (C=O) groups is 1. The number of thiophene rings is 1. The molecule has 0 radical (unpaired) electrons. The van der Waals surface area contributed by atoms with Crippen LogP contribution in [0, 0.1) is 0 Å². The van der Waals surface area contributed by atoms with Crippen LogP contribution in [0.1, 0.15) is 35.0 Å². The molecule has 29 heavy (non-hydrogen) atoms. The lowest BCUT2D eigenvalue weighted by atomic mass is 10.0. The molecule has 0 aliphatic carbocycles. The van der Waals surface area contributed by atoms with E-state index in [1.807, 2.05) is 4.90 Å². The summed E-state index contributed by atoms with van der Waals surface area (Å²) in [6.45, 7) is 3.25. The van der Waals surface area contributed by atoms with Crippen LogP contribution in [-0.4, -0.2) is 30.6 Å². The molecular weight excluding hydrogens is 401 g/mol. The largest absolute Gasteiger partial charge is 0.462 e. The number of aromatic nitrogens is 1. The fraction of sp³-hybridized carbons (Fsp3) is 0.333. The topological polar surface area (TPSA) is 42.4 Å². The van der Waals surface area contributed by atoms with E-state index in [2.05, 4.69) is 4.98 Å². The number of esters is 1. The Balaban J connectivity index is 2.04. The average molecular weight is 420 g/mol. The van der Waals surface area contributed by atoms with Gasteiger partial charge in [-0.1, -0.05) is 30.3 Å². The second kappa shape index (κ2) is 7.67. The van der Waals surface area contributed by atoms with Crippen molar-refractivity contribution in [3.05, 3.63) is 47.0 Å². The van der Waals surface area contributed by atoms with Crippen LogP contribution in [0.5, 0.6) is 0 Å². The predicted octanol–water partition coefficient (Wildman–Crippen LogP) is 5.76. The van der Waals surface area contributed by atoms with Crippen LogP contribution in [0.15, 0.2) is 36.5 Å². The Labute approximate surface area is 169 Å². The molecule has 0 N–H and O–H groups in total. The Morgan fingerprint density at radius 3 is 2.52 bits per heavy atom. The molecule has 0 saturated carbocycles. The summed E-state index contributed by atoms with van der Waals surface area (Å²) >= 11 is 0.652. The van der Waals surface area contributed by atoms with Gasteiger partial charge in [0, 0.05) is 24.8 Å². The SMILES string of the molecule is CCOC(=O)c1cnc2c(-c3ccccc3)c(C(F)(F)F)sc2c1N1CCCC1. The molecule has 1 fully saturated rings. The van der Waals surface area contributed by atoms with Crippen LogP contribution >= 0.6 is 11.3 Å². The minimum Gasteiger partial charge on any atom is -0.462 e. The van der Waals surface area contributed by atoms with Crippen molar-refractivity contribution in [2.24, 2.45) is 0 Å². The van der Waals surface area contributed by atoms with Crippen molar-refractivity contribution in [1.29, 1.82) is 0 Å². The van der Waals surface area contributed by atoms with Crippen LogP contribution < -0.4 is 4.90 Å². The summed E-state index contributed by atoms with van der Waals surface area (Å²) in [6.07, 6.45) is -1.32. The molecule has 1 aromatic carbocycles. The monoisotopic (exact) mass is 420 g/mol. The lowest BCUT2D eigenvalue weighted by Crippen LogP contribution is -2.21. The highest BCUT2D eigenvalue weighted by molar-refractivity contribution is 7.20. The number of halogens is 3. The van der Waals surface area contributed by atoms with Gasteiger partial charge in [0.1, 0.15) is 10.4 Å². The molecule has 1 saturated heterocycles. The quantitative estimate of drug-likeness (QED) is 0.504. The van der Waals surface area contributed by atoms with Gasteiger partial charge in [0.2, 0.25) is 0 Å². The number of pyridine rings is 1. The van der Waals surface area contributed by atoms with E-state index in [1.54, 1.807) is 37.3 Å². The molecule has 0 spiro atoms. The maximum atomic E-state index is 13.9. The highest BCUT2D eigenvalue weighted by atomic mass is 32.1. The normalized spacial score (nSPS) is 14.6. The number of rotatable bonds is 4. The van der Waals surface area contributed by atoms with E-state index in [0.717, 1.165) is 12.8 Å². The maximum Gasteiger partial charge on any atom is 0.426 e. The fourth-order valence-corrected chi connectivity index (χ4v) is 4.93. The molecule has 3 heterocycles. The fourth-order valence-electron chi connectivity index (χ4n) is 3.70. The molecule has 0 atom stereocenters. The maximum absolute atomic E-state index is 13.9. The van der Waals surface area contributed by atoms with Crippen LogP contribution in [0.3, 0.4) is 0 Å². The summed E-state index contributed by atoms with van der Waals surface area (Å²) < 4.78 is 47.3. The lowest BCUT2D eigenvalue weighted by Gasteiger charge is -2.21. The summed E-state index contributed by atoms with van der Waals surface area (Å²) in [5.41, 5.74) is 1.51. The predicted molar refractivity (Wildman–Crippen MR) is 107 cm³/mol. The summed E-state index contributed by atoms with van der Waals surface area (Å²) in [5, 5.41) is 0. The second-order valence-corrected chi connectivity index (χ2v) is 7.80. The van der Waals surface area contributed by atoms with E-state index in [-0.39, 0.29) is 23.3 Å². The minimum absolute atomic E-state index is 0.0638. The number of alkyl halides is 3. The molecule has 0 bridgehead atoms. The molecule has 152 valence electrons. The first-order chi connectivity index (χ1) is 13.9. The van der Waals surface area contributed by atoms with Crippen LogP contribution in [-0.2, 0) is 10.9 Å². The minimum atomic E-state index is -4.52. The van der Waals surface area contributed by atoms with Crippen molar-refractivity contribution in [2.45, 2.75) is 25.9 Å². The Hall–Kier alpha value is -2.61. The van der Waals surface area contributed by atoms with Gasteiger partial charge in [0.15, 0.2) is 0 Å². The lowest BCUT2D eigenvalue weighted by molar-refractivity contribution is -0.133. The Morgan fingerprint density at radius 1 is 1.21 bits per heavy atom. The van der Waals surface area contributed by atoms with Crippen molar-refractivity contribution in [2.75, 3.05) is 24.6 Å². The van der Waals surface area contributed by atoms with E-state index >= 15 is 0 Å². The number of hydrogen-bond acceptors (Lipinski definition) is 5. The first-order valence-corrected chi connectivity index (χ1v) is 10.2. The highest BCUT2D eigenvalue weighted by Crippen LogP contribution is 2.49. The zero-order valence-corrected chi connectivity index (χ0v) is 16.6. The Bertz CT molecular complexity index is 1040. The summed E-state index contributed by atoms with van der Waals surface area (Å²) in [5.74, 6) is -0.563. The van der Waals surface area contributed by atoms with Crippen LogP contribution in [0.25, 0.3) is 21.3 Å². The molecular formula is C21H19F3N2O2S. The second-order valence-electron chi connectivity index (χ2n) is 6.78. The van der Waals surface area contributed by atoms with E-state index in [1.165, 1.54) is 6.20 Å². The van der Waals surface area contributed by atoms with E-state index < -0.39 is 17.0 Å². The van der Waals surface area contributed by atoms with Crippen LogP contribution in [0.2, 0.25) is 0 Å². The molecule has 1 aliphatic heterocycles. The van der Waals surface area contributed by atoms with Gasteiger partial charge in [0.25, 0.3) is 0 Å². The Morgan fingerprint density at radius 2 is 1.90 bits per heavy atom. The molecule has 1 aliphatic rings. The Kier molecular flexibility index (Phi) is 5.21. The number of nitrogens with zero attached hydrogens (tertiary/aromatic N) is 2. The van der Waals surface area contributed by atoms with Crippen molar-refractivity contribution in [3.63, 3.8) is 0 Å². The number of anilines is 1. The molecule has 4 rings (SSSR count). The van der Waals surface area contributed by atoms with Gasteiger partial charge in [0.05, 0.1) is 22.5 Å². The van der Waals surface area contributed by atoms with E-state index in [0.29, 0.717) is 40.4 Å². The van der Waals surface area contributed by atoms with Crippen LogP contribution in [0.4, 0.5) is 18.9 Å². The van der Waals surface area contributed by atoms with Gasteiger partial charge in [-0.15, -0.1) is 11.3 Å². The third-order valence-electron chi connectivity index (χ3n) is 4.91. The van der Waals surface area contributed by atoms with Crippen molar-refractivity contribution >= 4 is 33.2 Å². The highest BCUT2D eigenvalue weighted by Gasteiger charge is 2.39. The molecule has 0 amide bonds. The number of ether oxygens (including phenoxy) is 1. The standard InChI is InChI=1S/C21H19F3N2O2S/c1-2-28-20(27)14-12-25-16-15(13-8-4-3-5-9-13)19(21(22,23)24)29-18(16)17(14)26-10-6-7-11-26/h3-5,8-9,12H,2,6-7,10-11H2,1H3. The van der Waals surface area contributed by atoms with Gasteiger partial charge in [-0.25, -0.2) is 4.79 Å². The van der Waals surface area contributed by atoms with E-state index in [9.17, 15) is 18.0 Å². The van der Waals surface area contributed by atoms with E-state index in [4.69, 9.17) is 4.74 Å². The first kappa shape index (κ1) is 19.7. The van der Waals surface area contributed by atoms with Gasteiger partial charge < -0.3 is 9.64 Å².